The van der Waals surface area contributed by atoms with E-state index in [-0.39, 0.29) is 11.8 Å². The number of hydrogen-bond donors (Lipinski definition) is 1. The van der Waals surface area contributed by atoms with Crippen molar-refractivity contribution < 1.29 is 9.59 Å². The fraction of sp³-hybridized carbons (Fsp3) is 0.158. The summed E-state index contributed by atoms with van der Waals surface area (Å²) in [5.74, 6) is -0.108. The van der Waals surface area contributed by atoms with Gasteiger partial charge in [0.1, 0.15) is 0 Å². The Kier molecular flexibility index (Phi) is 2.88. The molecule has 0 spiro atoms. The number of rotatable bonds is 2. The monoisotopic (exact) mass is 304 g/mol. The van der Waals surface area contributed by atoms with Crippen molar-refractivity contribution >= 4 is 28.4 Å². The molecule has 0 fully saturated rings. The molecule has 23 heavy (non-hydrogen) atoms. The Hall–Kier alpha value is -2.88. The van der Waals surface area contributed by atoms with Crippen LogP contribution in [0.3, 0.4) is 0 Å². The Morgan fingerprint density at radius 3 is 2.35 bits per heavy atom. The van der Waals surface area contributed by atoms with Crippen LogP contribution in [-0.2, 0) is 0 Å². The summed E-state index contributed by atoms with van der Waals surface area (Å²) in [7, 11) is 0. The predicted octanol–water partition coefficient (Wildman–Crippen LogP) is 4.09. The fourth-order valence-corrected chi connectivity index (χ4v) is 3.11. The quantitative estimate of drug-likeness (QED) is 0.725. The summed E-state index contributed by atoms with van der Waals surface area (Å²) in [6.07, 6.45) is 1.78. The molecule has 0 bridgehead atoms. The number of aromatic amines is 1. The molecule has 1 aliphatic heterocycles. The van der Waals surface area contributed by atoms with Gasteiger partial charge in [0.2, 0.25) is 0 Å². The van der Waals surface area contributed by atoms with Gasteiger partial charge in [-0.3, -0.25) is 9.59 Å². The normalized spacial score (nSPS) is 14.1. The third-order valence-corrected chi connectivity index (χ3v) is 4.40. The van der Waals surface area contributed by atoms with Crippen molar-refractivity contribution in [2.75, 3.05) is 4.90 Å². The number of carbonyl (C=O) groups is 2. The zero-order valence-corrected chi connectivity index (χ0v) is 13.0. The summed E-state index contributed by atoms with van der Waals surface area (Å²) >= 11 is 0. The third-order valence-electron chi connectivity index (χ3n) is 4.40. The number of imide groups is 1. The summed E-state index contributed by atoms with van der Waals surface area (Å²) in [5, 5.41) is 0.794. The van der Waals surface area contributed by atoms with Crippen LogP contribution in [0.5, 0.6) is 0 Å². The van der Waals surface area contributed by atoms with Crippen molar-refractivity contribution in [3.05, 3.63) is 65.4 Å². The lowest BCUT2D eigenvalue weighted by molar-refractivity contribution is 0.0926. The number of aromatic nitrogens is 1. The summed E-state index contributed by atoms with van der Waals surface area (Å²) < 4.78 is 0. The molecule has 4 heteroatoms. The van der Waals surface area contributed by atoms with E-state index in [1.54, 1.807) is 12.3 Å². The lowest BCUT2D eigenvalue weighted by Gasteiger charge is -2.15. The summed E-state index contributed by atoms with van der Waals surface area (Å²) in [6, 6.07) is 13.0. The van der Waals surface area contributed by atoms with Gasteiger partial charge >= 0.3 is 0 Å². The van der Waals surface area contributed by atoms with Gasteiger partial charge in [0.05, 0.1) is 16.8 Å². The zero-order chi connectivity index (χ0) is 16.1. The average molecular weight is 304 g/mol. The second kappa shape index (κ2) is 4.81. The number of amides is 2. The van der Waals surface area contributed by atoms with E-state index >= 15 is 0 Å². The number of fused-ring (bicyclic) bond motifs is 3. The first-order valence-electron chi connectivity index (χ1n) is 7.67. The largest absolute Gasteiger partial charge is 0.361 e. The lowest BCUT2D eigenvalue weighted by Crippen LogP contribution is -2.29. The summed E-state index contributed by atoms with van der Waals surface area (Å²) in [6.45, 7) is 4.22. The van der Waals surface area contributed by atoms with E-state index in [1.165, 1.54) is 10.5 Å². The van der Waals surface area contributed by atoms with Gasteiger partial charge in [0.15, 0.2) is 0 Å². The smallest absolute Gasteiger partial charge is 0.266 e. The van der Waals surface area contributed by atoms with Gasteiger partial charge in [-0.1, -0.05) is 26.0 Å². The van der Waals surface area contributed by atoms with Crippen molar-refractivity contribution in [1.29, 1.82) is 0 Å². The number of nitrogens with one attached hydrogen (secondary N) is 1. The van der Waals surface area contributed by atoms with Gasteiger partial charge in [-0.25, -0.2) is 4.90 Å². The standard InChI is InChI=1S/C19H16N2O2/c1-11(2)12-3-5-13(6-4-12)21-18(22)15-7-8-16-14(9-10-20-16)17(15)19(21)23/h3-11,20H,1-2H3. The molecule has 4 nitrogen and oxygen atoms in total. The Morgan fingerprint density at radius 2 is 1.65 bits per heavy atom. The van der Waals surface area contributed by atoms with Crippen LogP contribution in [0.1, 0.15) is 46.0 Å². The maximum absolute atomic E-state index is 12.8. The Balaban J connectivity index is 1.82. The molecule has 1 aliphatic rings. The highest BCUT2D eigenvalue weighted by Crippen LogP contribution is 2.33. The van der Waals surface area contributed by atoms with Crippen LogP contribution in [0.2, 0.25) is 0 Å². The van der Waals surface area contributed by atoms with Crippen LogP contribution in [-0.4, -0.2) is 16.8 Å². The van der Waals surface area contributed by atoms with Crippen LogP contribution >= 0.6 is 0 Å². The van der Waals surface area contributed by atoms with Gasteiger partial charge in [-0.15, -0.1) is 0 Å². The highest BCUT2D eigenvalue weighted by Gasteiger charge is 2.38. The number of nitrogens with zero attached hydrogens (tertiary/aromatic N) is 1. The highest BCUT2D eigenvalue weighted by molar-refractivity contribution is 6.37. The number of carbonyl (C=O) groups excluding carboxylic acids is 2. The first-order valence-corrected chi connectivity index (χ1v) is 7.67. The molecule has 0 radical (unpaired) electrons. The number of hydrogen-bond acceptors (Lipinski definition) is 2. The minimum Gasteiger partial charge on any atom is -0.361 e. The minimum atomic E-state index is -0.259. The molecule has 2 aromatic carbocycles. The van der Waals surface area contributed by atoms with Crippen molar-refractivity contribution in [2.45, 2.75) is 19.8 Å². The van der Waals surface area contributed by atoms with Gasteiger partial charge in [-0.05, 0) is 41.8 Å². The molecule has 3 aromatic rings. The molecule has 0 saturated heterocycles. The molecular weight excluding hydrogens is 288 g/mol. The maximum Gasteiger partial charge on any atom is 0.266 e. The van der Waals surface area contributed by atoms with E-state index in [4.69, 9.17) is 0 Å². The van der Waals surface area contributed by atoms with Crippen molar-refractivity contribution in [2.24, 2.45) is 0 Å². The van der Waals surface area contributed by atoms with Gasteiger partial charge in [0.25, 0.3) is 11.8 Å². The van der Waals surface area contributed by atoms with Crippen molar-refractivity contribution in [3.8, 4) is 0 Å². The van der Waals surface area contributed by atoms with E-state index in [9.17, 15) is 9.59 Å². The van der Waals surface area contributed by atoms with Crippen LogP contribution < -0.4 is 4.90 Å². The number of anilines is 1. The molecule has 0 unspecified atom stereocenters. The second-order valence-electron chi connectivity index (χ2n) is 6.12. The molecule has 2 heterocycles. The topological polar surface area (TPSA) is 53.2 Å². The minimum absolute atomic E-state index is 0.257. The molecule has 114 valence electrons. The van der Waals surface area contributed by atoms with Gasteiger partial charge < -0.3 is 4.98 Å². The molecular formula is C19H16N2O2. The summed E-state index contributed by atoms with van der Waals surface area (Å²) in [4.78, 5) is 29.9. The Bertz CT molecular complexity index is 936. The SMILES string of the molecule is CC(C)c1ccc(N2C(=O)c3ccc4[nH]ccc4c3C2=O)cc1. The van der Waals surface area contributed by atoms with E-state index in [2.05, 4.69) is 18.8 Å². The molecule has 0 aliphatic carbocycles. The highest BCUT2D eigenvalue weighted by atomic mass is 16.2. The van der Waals surface area contributed by atoms with E-state index in [0.29, 0.717) is 22.7 Å². The second-order valence-corrected chi connectivity index (χ2v) is 6.12. The first-order chi connectivity index (χ1) is 11.1. The van der Waals surface area contributed by atoms with Crippen LogP contribution in [0.4, 0.5) is 5.69 Å². The first kappa shape index (κ1) is 13.8. The maximum atomic E-state index is 12.8. The van der Waals surface area contributed by atoms with Crippen LogP contribution in [0.15, 0.2) is 48.7 Å². The van der Waals surface area contributed by atoms with E-state index in [1.807, 2.05) is 36.4 Å². The molecule has 4 rings (SSSR count). The Morgan fingerprint density at radius 1 is 0.913 bits per heavy atom. The molecule has 0 atom stereocenters. The van der Waals surface area contributed by atoms with E-state index in [0.717, 1.165) is 10.9 Å². The van der Waals surface area contributed by atoms with Gasteiger partial charge in [-0.2, -0.15) is 0 Å². The van der Waals surface area contributed by atoms with Gasteiger partial charge in [0, 0.05) is 17.1 Å². The fourth-order valence-electron chi connectivity index (χ4n) is 3.11. The van der Waals surface area contributed by atoms with Crippen molar-refractivity contribution in [3.63, 3.8) is 0 Å². The van der Waals surface area contributed by atoms with E-state index < -0.39 is 0 Å². The predicted molar refractivity (Wildman–Crippen MR) is 90.0 cm³/mol. The Labute approximate surface area is 133 Å². The zero-order valence-electron chi connectivity index (χ0n) is 13.0. The molecule has 2 amide bonds. The lowest BCUT2D eigenvalue weighted by atomic mass is 10.0. The number of benzene rings is 2. The summed E-state index contributed by atoms with van der Waals surface area (Å²) in [5.41, 5.74) is 3.61. The molecule has 0 saturated carbocycles. The van der Waals surface area contributed by atoms with Crippen molar-refractivity contribution in [1.82, 2.24) is 4.98 Å². The average Bonchev–Trinajstić information content (AvgIpc) is 3.11. The van der Waals surface area contributed by atoms with Crippen LogP contribution in [0.25, 0.3) is 10.9 Å². The molecule has 1 N–H and O–H groups in total. The number of H-pyrrole nitrogens is 1. The van der Waals surface area contributed by atoms with Crippen LogP contribution in [0, 0.1) is 0 Å². The molecule has 1 aromatic heterocycles. The third kappa shape index (κ3) is 1.91.